The van der Waals surface area contributed by atoms with Crippen molar-refractivity contribution in [1.82, 2.24) is 14.9 Å². The Morgan fingerprint density at radius 1 is 1.12 bits per heavy atom. The number of nitrogens with zero attached hydrogens (tertiary/aromatic N) is 3. The second-order valence-corrected chi connectivity index (χ2v) is 11.2. The molecule has 0 bridgehead atoms. The van der Waals surface area contributed by atoms with Gasteiger partial charge in [-0.25, -0.2) is 14.6 Å². The number of nitrogens with two attached hydrogens (primary N) is 2. The molecule has 3 aromatic rings. The molecule has 0 aliphatic rings. The van der Waals surface area contributed by atoms with Crippen molar-refractivity contribution in [3.8, 4) is 11.3 Å². The summed E-state index contributed by atoms with van der Waals surface area (Å²) in [5.74, 6) is -1.85. The van der Waals surface area contributed by atoms with Crippen LogP contribution in [0.15, 0.2) is 52.3 Å². The number of aromatic carboxylic acids is 1. The van der Waals surface area contributed by atoms with Crippen LogP contribution in [0, 0.1) is 0 Å². The first-order chi connectivity index (χ1) is 20.0. The number of nitrogen functional groups attached to an aromatic ring is 1. The number of hydrogen-bond acceptors (Lipinski definition) is 8. The van der Waals surface area contributed by atoms with Crippen LogP contribution in [-0.4, -0.2) is 50.1 Å². The Morgan fingerprint density at radius 3 is 2.35 bits per heavy atom. The smallest absolute Gasteiger partial charge is 0.436 e. The Morgan fingerprint density at radius 2 is 1.77 bits per heavy atom. The molecule has 0 atom stereocenters. The lowest BCUT2D eigenvalue weighted by Gasteiger charge is -2.18. The van der Waals surface area contributed by atoms with Gasteiger partial charge in [0.1, 0.15) is 18.0 Å². The minimum Gasteiger partial charge on any atom is -0.478 e. The van der Waals surface area contributed by atoms with E-state index < -0.39 is 35.7 Å². The van der Waals surface area contributed by atoms with Gasteiger partial charge in [0.15, 0.2) is 11.0 Å². The van der Waals surface area contributed by atoms with Gasteiger partial charge in [0.2, 0.25) is 5.91 Å². The van der Waals surface area contributed by atoms with Crippen molar-refractivity contribution in [2.45, 2.75) is 59.4 Å². The lowest BCUT2D eigenvalue weighted by molar-refractivity contribution is -0.121. The second-order valence-electron chi connectivity index (χ2n) is 10.9. The number of aromatic nitrogens is 2. The number of anilines is 2. The molecule has 228 valence electrons. The number of halogens is 1. The van der Waals surface area contributed by atoms with Gasteiger partial charge >= 0.3 is 12.1 Å². The number of benzene rings is 2. The van der Waals surface area contributed by atoms with Gasteiger partial charge in [-0.15, -0.1) is 0 Å². The number of nitrogens with one attached hydrogen (secondary N) is 2. The Kier molecular flexibility index (Phi) is 10.1. The third-order valence-electron chi connectivity index (χ3n) is 5.67. The monoisotopic (exact) mass is 611 g/mol. The Balaban J connectivity index is 1.85. The summed E-state index contributed by atoms with van der Waals surface area (Å²) in [5.41, 5.74) is 11.9. The average Bonchev–Trinajstić information content (AvgIpc) is 2.88. The summed E-state index contributed by atoms with van der Waals surface area (Å²) in [7, 11) is 0. The van der Waals surface area contributed by atoms with Crippen LogP contribution >= 0.6 is 11.6 Å². The van der Waals surface area contributed by atoms with Gasteiger partial charge < -0.3 is 31.9 Å². The standard InChI is InChI=1S/C29H34ClN7O6/c1-15(2)34-25-26(39)37(22(23(30)35-25)18-10-19(27(40)41)12-20(31)11-18)14-21(38)33-13-16-6-8-17(9-7-16)24(32)36-28(42)43-29(3,4)5/h6-12,15H,13-14,31H2,1-5H3,(H,33,38)(H,34,35)(H,40,41)(H2,32,36,42). The first kappa shape index (κ1) is 32.6. The van der Waals surface area contributed by atoms with Crippen LogP contribution in [-0.2, 0) is 22.6 Å². The van der Waals surface area contributed by atoms with E-state index in [2.05, 4.69) is 20.6 Å². The molecule has 13 nitrogen and oxygen atoms in total. The summed E-state index contributed by atoms with van der Waals surface area (Å²) in [4.78, 5) is 57.9. The molecule has 0 fully saturated rings. The zero-order valence-corrected chi connectivity index (χ0v) is 25.2. The van der Waals surface area contributed by atoms with Crippen LogP contribution in [0.2, 0.25) is 5.15 Å². The van der Waals surface area contributed by atoms with Gasteiger partial charge in [0, 0.05) is 29.4 Å². The molecule has 0 spiro atoms. The highest BCUT2D eigenvalue weighted by molar-refractivity contribution is 6.32. The van der Waals surface area contributed by atoms with Crippen LogP contribution in [0.5, 0.6) is 0 Å². The molecule has 43 heavy (non-hydrogen) atoms. The fourth-order valence-corrected chi connectivity index (χ4v) is 4.18. The van der Waals surface area contributed by atoms with E-state index in [4.69, 9.17) is 27.8 Å². The first-order valence-corrected chi connectivity index (χ1v) is 13.6. The maximum atomic E-state index is 13.4. The molecule has 7 N–H and O–H groups in total. The van der Waals surface area contributed by atoms with E-state index in [9.17, 15) is 24.3 Å². The van der Waals surface area contributed by atoms with Crippen molar-refractivity contribution < 1.29 is 24.2 Å². The number of carbonyl (C=O) groups is 3. The number of carboxylic acid groups (broad SMARTS) is 1. The Bertz CT molecular complexity index is 1630. The Labute approximate surface area is 252 Å². The molecule has 0 aliphatic carbocycles. The number of amidine groups is 1. The van der Waals surface area contributed by atoms with Gasteiger partial charge in [-0.05, 0) is 58.4 Å². The van der Waals surface area contributed by atoms with Crippen molar-refractivity contribution in [2.75, 3.05) is 11.1 Å². The highest BCUT2D eigenvalue weighted by atomic mass is 35.5. The normalized spacial score (nSPS) is 11.7. The minimum atomic E-state index is -1.23. The van der Waals surface area contributed by atoms with Gasteiger partial charge in [-0.2, -0.15) is 4.99 Å². The molecule has 3 rings (SSSR count). The SMILES string of the molecule is CC(C)Nc1nc(Cl)c(-c2cc(N)cc(C(=O)O)c2)n(CC(=O)NCc2ccc(C(N)=NC(=O)OC(C)(C)C)cc2)c1=O. The van der Waals surface area contributed by atoms with Gasteiger partial charge in [-0.3, -0.25) is 14.2 Å². The zero-order chi connectivity index (χ0) is 32.1. The molecular weight excluding hydrogens is 578 g/mol. The highest BCUT2D eigenvalue weighted by Gasteiger charge is 2.21. The maximum Gasteiger partial charge on any atom is 0.436 e. The lowest BCUT2D eigenvalue weighted by Crippen LogP contribution is -2.35. The molecule has 0 aliphatic heterocycles. The van der Waals surface area contributed by atoms with Crippen molar-refractivity contribution in [3.63, 3.8) is 0 Å². The number of rotatable bonds is 9. The molecule has 14 heteroatoms. The largest absolute Gasteiger partial charge is 0.478 e. The van der Waals surface area contributed by atoms with Gasteiger partial charge in [0.05, 0.1) is 11.3 Å². The van der Waals surface area contributed by atoms with Crippen LogP contribution in [0.3, 0.4) is 0 Å². The van der Waals surface area contributed by atoms with Gasteiger partial charge in [-0.1, -0.05) is 35.9 Å². The van der Waals surface area contributed by atoms with Crippen molar-refractivity contribution in [2.24, 2.45) is 10.7 Å². The predicted octanol–water partition coefficient (Wildman–Crippen LogP) is 3.62. The van der Waals surface area contributed by atoms with Crippen molar-refractivity contribution >= 4 is 46.9 Å². The topological polar surface area (TPSA) is 204 Å². The van der Waals surface area contributed by atoms with E-state index in [1.807, 2.05) is 0 Å². The molecule has 0 unspecified atom stereocenters. The van der Waals surface area contributed by atoms with Crippen molar-refractivity contribution in [3.05, 3.63) is 74.7 Å². The molecule has 0 saturated heterocycles. The minimum absolute atomic E-state index is 0.0234. The van der Waals surface area contributed by atoms with Crippen LogP contribution in [0.25, 0.3) is 11.3 Å². The zero-order valence-electron chi connectivity index (χ0n) is 24.4. The predicted molar refractivity (Wildman–Crippen MR) is 164 cm³/mol. The second kappa shape index (κ2) is 13.4. The third-order valence-corrected chi connectivity index (χ3v) is 5.93. The molecule has 2 aromatic carbocycles. The third kappa shape index (κ3) is 9.04. The van der Waals surface area contributed by atoms with Crippen LogP contribution < -0.4 is 27.7 Å². The quantitative estimate of drug-likeness (QED) is 0.135. The average molecular weight is 612 g/mol. The van der Waals surface area contributed by atoms with E-state index in [0.717, 1.165) is 4.57 Å². The summed E-state index contributed by atoms with van der Waals surface area (Å²) in [6.07, 6.45) is -0.809. The molecular formula is C29H34ClN7O6. The molecule has 1 aromatic heterocycles. The summed E-state index contributed by atoms with van der Waals surface area (Å²) in [6.45, 7) is 8.41. The summed E-state index contributed by atoms with van der Waals surface area (Å²) in [6, 6.07) is 10.5. The number of hydrogen-bond donors (Lipinski definition) is 5. The number of carbonyl (C=O) groups excluding carboxylic acids is 2. The van der Waals surface area contributed by atoms with E-state index in [1.165, 1.54) is 18.2 Å². The highest BCUT2D eigenvalue weighted by Crippen LogP contribution is 2.29. The van der Waals surface area contributed by atoms with E-state index in [0.29, 0.717) is 11.1 Å². The fraction of sp³-hybridized carbons (Fsp3) is 0.310. The number of carboxylic acids is 1. The first-order valence-electron chi connectivity index (χ1n) is 13.2. The van der Waals surface area contributed by atoms with E-state index in [-0.39, 0.29) is 51.9 Å². The summed E-state index contributed by atoms with van der Waals surface area (Å²) < 4.78 is 6.26. The Hall–Kier alpha value is -4.91. The summed E-state index contributed by atoms with van der Waals surface area (Å²) >= 11 is 6.49. The number of ether oxygens (including phenoxy) is 1. The maximum absolute atomic E-state index is 13.4. The molecule has 0 radical (unpaired) electrons. The van der Waals surface area contributed by atoms with Crippen LogP contribution in [0.1, 0.15) is 56.1 Å². The fourth-order valence-electron chi connectivity index (χ4n) is 3.89. The number of aliphatic imine (C=N–C) groups is 1. The summed E-state index contributed by atoms with van der Waals surface area (Å²) in [5, 5.41) is 15.0. The van der Waals surface area contributed by atoms with Crippen LogP contribution in [0.4, 0.5) is 16.3 Å². The molecule has 1 heterocycles. The van der Waals surface area contributed by atoms with Gasteiger partial charge in [0.25, 0.3) is 5.56 Å². The molecule has 0 saturated carbocycles. The van der Waals surface area contributed by atoms with E-state index >= 15 is 0 Å². The molecule has 2 amide bonds. The van der Waals surface area contributed by atoms with E-state index in [1.54, 1.807) is 58.9 Å². The lowest BCUT2D eigenvalue weighted by atomic mass is 10.1. The number of amides is 2. The van der Waals surface area contributed by atoms with Crippen molar-refractivity contribution in [1.29, 1.82) is 0 Å².